The van der Waals surface area contributed by atoms with Crippen molar-refractivity contribution in [1.29, 1.82) is 0 Å². The Morgan fingerprint density at radius 3 is 2.65 bits per heavy atom. The lowest BCUT2D eigenvalue weighted by atomic mass is 10.3. The molecule has 104 valence electrons. The third-order valence-electron chi connectivity index (χ3n) is 2.82. The van der Waals surface area contributed by atoms with Gasteiger partial charge in [-0.05, 0) is 38.1 Å². The van der Waals surface area contributed by atoms with E-state index < -0.39 is 0 Å². The van der Waals surface area contributed by atoms with Gasteiger partial charge in [0.15, 0.2) is 0 Å². The van der Waals surface area contributed by atoms with E-state index in [1.54, 1.807) is 11.8 Å². The second-order valence-electron chi connectivity index (χ2n) is 4.56. The molecule has 2 rings (SSSR count). The fraction of sp³-hybridized carbons (Fsp3) is 0.250. The van der Waals surface area contributed by atoms with Gasteiger partial charge in [0, 0.05) is 10.6 Å². The van der Waals surface area contributed by atoms with Crippen LogP contribution in [0.3, 0.4) is 0 Å². The minimum absolute atomic E-state index is 0.0298. The highest BCUT2D eigenvalue weighted by Crippen LogP contribution is 2.22. The summed E-state index contributed by atoms with van der Waals surface area (Å²) in [5, 5.41) is 2.80. The molecule has 4 heteroatoms. The fourth-order valence-corrected chi connectivity index (χ4v) is 2.69. The zero-order valence-corrected chi connectivity index (χ0v) is 12.5. The molecule has 1 unspecified atom stereocenters. The van der Waals surface area contributed by atoms with Crippen molar-refractivity contribution in [3.8, 4) is 0 Å². The number of nitrogens with zero attached hydrogens (tertiary/aromatic N) is 1. The van der Waals surface area contributed by atoms with Crippen LogP contribution in [-0.4, -0.2) is 16.1 Å². The summed E-state index contributed by atoms with van der Waals surface area (Å²) in [6.45, 7) is 4.33. The fourth-order valence-electron chi connectivity index (χ4n) is 1.78. The van der Waals surface area contributed by atoms with Crippen LogP contribution in [0.5, 0.6) is 0 Å². The molecule has 0 aliphatic rings. The second-order valence-corrected chi connectivity index (χ2v) is 5.98. The van der Waals surface area contributed by atoms with Crippen LogP contribution < -0.4 is 5.32 Å². The molecule has 20 heavy (non-hydrogen) atoms. The number of pyridine rings is 1. The van der Waals surface area contributed by atoms with Gasteiger partial charge in [0.1, 0.15) is 0 Å². The summed E-state index contributed by atoms with van der Waals surface area (Å²) in [6.07, 6.45) is 0. The monoisotopic (exact) mass is 286 g/mol. The van der Waals surface area contributed by atoms with E-state index in [9.17, 15) is 4.79 Å². The lowest BCUT2D eigenvalue weighted by Gasteiger charge is -2.11. The number of amides is 1. The first-order valence-corrected chi connectivity index (χ1v) is 7.45. The van der Waals surface area contributed by atoms with E-state index in [4.69, 9.17) is 0 Å². The molecule has 0 aliphatic carbocycles. The van der Waals surface area contributed by atoms with Crippen LogP contribution in [0.15, 0.2) is 53.4 Å². The average molecular weight is 286 g/mol. The maximum absolute atomic E-state index is 12.0. The van der Waals surface area contributed by atoms with E-state index in [1.807, 2.05) is 62.4 Å². The summed E-state index contributed by atoms with van der Waals surface area (Å²) in [4.78, 5) is 17.5. The minimum Gasteiger partial charge on any atom is -0.349 e. The Balaban J connectivity index is 1.85. The maximum atomic E-state index is 12.0. The SMILES string of the molecule is Cc1cccc(CNC(=O)C(C)Sc2ccccc2)n1. The first kappa shape index (κ1) is 14.6. The Bertz CT molecular complexity index is 572. The molecule has 1 heterocycles. The molecular formula is C16H18N2OS. The summed E-state index contributed by atoms with van der Waals surface area (Å²) in [5.74, 6) is 0.0298. The van der Waals surface area contributed by atoms with E-state index in [-0.39, 0.29) is 11.2 Å². The summed E-state index contributed by atoms with van der Waals surface area (Å²) >= 11 is 1.56. The Morgan fingerprint density at radius 1 is 1.20 bits per heavy atom. The van der Waals surface area contributed by atoms with E-state index in [1.165, 1.54) is 0 Å². The standard InChI is InChI=1S/C16H18N2OS/c1-12-7-6-8-14(18-12)11-17-16(19)13(2)20-15-9-4-3-5-10-15/h3-10,13H,11H2,1-2H3,(H,17,19). The number of carbonyl (C=O) groups excluding carboxylic acids is 1. The lowest BCUT2D eigenvalue weighted by Crippen LogP contribution is -2.30. The van der Waals surface area contributed by atoms with Gasteiger partial charge in [0.05, 0.1) is 17.5 Å². The molecule has 0 spiro atoms. The van der Waals surface area contributed by atoms with Crippen LogP contribution in [0.25, 0.3) is 0 Å². The van der Waals surface area contributed by atoms with Gasteiger partial charge in [-0.15, -0.1) is 11.8 Å². The van der Waals surface area contributed by atoms with Crippen molar-refractivity contribution < 1.29 is 4.79 Å². The summed E-state index contributed by atoms with van der Waals surface area (Å²) < 4.78 is 0. The molecule has 1 aromatic carbocycles. The van der Waals surface area contributed by atoms with E-state index >= 15 is 0 Å². The number of hydrogen-bond acceptors (Lipinski definition) is 3. The first-order chi connectivity index (χ1) is 9.65. The molecule has 0 bridgehead atoms. The zero-order chi connectivity index (χ0) is 14.4. The van der Waals surface area contributed by atoms with E-state index in [2.05, 4.69) is 10.3 Å². The second kappa shape index (κ2) is 7.10. The average Bonchev–Trinajstić information content (AvgIpc) is 2.46. The molecular weight excluding hydrogens is 268 g/mol. The van der Waals surface area contributed by atoms with Crippen LogP contribution in [0, 0.1) is 6.92 Å². The quantitative estimate of drug-likeness (QED) is 0.858. The summed E-state index contributed by atoms with van der Waals surface area (Å²) in [5.41, 5.74) is 1.85. The summed E-state index contributed by atoms with van der Waals surface area (Å²) in [6, 6.07) is 15.8. The summed E-state index contributed by atoms with van der Waals surface area (Å²) in [7, 11) is 0. The van der Waals surface area contributed by atoms with Gasteiger partial charge in [0.2, 0.25) is 5.91 Å². The molecule has 0 saturated carbocycles. The van der Waals surface area contributed by atoms with Crippen LogP contribution in [0.2, 0.25) is 0 Å². The highest BCUT2D eigenvalue weighted by molar-refractivity contribution is 8.00. The number of aryl methyl sites for hydroxylation is 1. The highest BCUT2D eigenvalue weighted by atomic mass is 32.2. The minimum atomic E-state index is -0.123. The maximum Gasteiger partial charge on any atom is 0.233 e. The van der Waals surface area contributed by atoms with E-state index in [0.29, 0.717) is 6.54 Å². The molecule has 0 fully saturated rings. The third-order valence-corrected chi connectivity index (χ3v) is 3.93. The number of nitrogens with one attached hydrogen (secondary N) is 1. The van der Waals surface area contributed by atoms with Crippen molar-refractivity contribution in [2.75, 3.05) is 0 Å². The lowest BCUT2D eigenvalue weighted by molar-refractivity contribution is -0.120. The predicted octanol–water partition coefficient (Wildman–Crippen LogP) is 3.19. The third kappa shape index (κ3) is 4.38. The van der Waals surface area contributed by atoms with Gasteiger partial charge in [-0.25, -0.2) is 0 Å². The van der Waals surface area contributed by atoms with Gasteiger partial charge < -0.3 is 5.32 Å². The van der Waals surface area contributed by atoms with Gasteiger partial charge in [-0.2, -0.15) is 0 Å². The van der Waals surface area contributed by atoms with Crippen molar-refractivity contribution in [2.24, 2.45) is 0 Å². The van der Waals surface area contributed by atoms with Crippen LogP contribution in [0.1, 0.15) is 18.3 Å². The number of rotatable bonds is 5. The smallest absolute Gasteiger partial charge is 0.233 e. The zero-order valence-electron chi connectivity index (χ0n) is 11.7. The largest absolute Gasteiger partial charge is 0.349 e. The molecule has 1 aromatic heterocycles. The van der Waals surface area contributed by atoms with Crippen molar-refractivity contribution in [3.63, 3.8) is 0 Å². The molecule has 0 aliphatic heterocycles. The number of hydrogen-bond donors (Lipinski definition) is 1. The van der Waals surface area contributed by atoms with Gasteiger partial charge >= 0.3 is 0 Å². The van der Waals surface area contributed by atoms with Crippen molar-refractivity contribution >= 4 is 17.7 Å². The predicted molar refractivity (Wildman–Crippen MR) is 82.6 cm³/mol. The number of carbonyl (C=O) groups is 1. The van der Waals surface area contributed by atoms with Gasteiger partial charge in [-0.1, -0.05) is 24.3 Å². The molecule has 2 aromatic rings. The van der Waals surface area contributed by atoms with Crippen LogP contribution >= 0.6 is 11.8 Å². The van der Waals surface area contributed by atoms with Crippen LogP contribution in [0.4, 0.5) is 0 Å². The van der Waals surface area contributed by atoms with Gasteiger partial charge in [0.25, 0.3) is 0 Å². The highest BCUT2D eigenvalue weighted by Gasteiger charge is 2.13. The Hall–Kier alpha value is -1.81. The Labute approximate surface area is 123 Å². The molecule has 1 N–H and O–H groups in total. The first-order valence-electron chi connectivity index (χ1n) is 6.57. The molecule has 1 amide bonds. The Kier molecular flexibility index (Phi) is 5.18. The van der Waals surface area contributed by atoms with Crippen molar-refractivity contribution in [1.82, 2.24) is 10.3 Å². The van der Waals surface area contributed by atoms with E-state index in [0.717, 1.165) is 16.3 Å². The molecule has 1 atom stereocenters. The normalized spacial score (nSPS) is 11.9. The topological polar surface area (TPSA) is 42.0 Å². The van der Waals surface area contributed by atoms with Crippen molar-refractivity contribution in [2.45, 2.75) is 30.5 Å². The molecule has 0 saturated heterocycles. The number of benzene rings is 1. The number of thioether (sulfide) groups is 1. The molecule has 3 nitrogen and oxygen atoms in total. The Morgan fingerprint density at radius 2 is 1.95 bits per heavy atom. The van der Waals surface area contributed by atoms with Crippen LogP contribution in [-0.2, 0) is 11.3 Å². The van der Waals surface area contributed by atoms with Gasteiger partial charge in [-0.3, -0.25) is 9.78 Å². The number of aromatic nitrogens is 1. The van der Waals surface area contributed by atoms with Crippen molar-refractivity contribution in [3.05, 3.63) is 59.9 Å². The molecule has 0 radical (unpaired) electrons.